The number of benzene rings is 1. The largest absolute Gasteiger partial charge is 0.497 e. The van der Waals surface area contributed by atoms with Crippen LogP contribution in [0.5, 0.6) is 5.75 Å². The Balaban J connectivity index is 2.63. The van der Waals surface area contributed by atoms with E-state index in [1.54, 1.807) is 6.07 Å². The minimum atomic E-state index is -0.577. The maximum absolute atomic E-state index is 13.5. The molecule has 0 atom stereocenters. The molecule has 1 aromatic carbocycles. The molecule has 0 unspecified atom stereocenters. The third-order valence-electron chi connectivity index (χ3n) is 2.27. The van der Waals surface area contributed by atoms with Gasteiger partial charge in [0.05, 0.1) is 12.7 Å². The van der Waals surface area contributed by atoms with E-state index >= 15 is 0 Å². The van der Waals surface area contributed by atoms with Crippen LogP contribution in [0.1, 0.15) is 10.4 Å². The number of likely N-dealkylation sites (N-methyl/N-ethyl adjacent to an activating group) is 1. The van der Waals surface area contributed by atoms with E-state index in [9.17, 15) is 9.18 Å². The molecule has 0 aliphatic carbocycles. The highest BCUT2D eigenvalue weighted by atomic mass is 19.1. The first-order valence-corrected chi connectivity index (χ1v) is 5.31. The maximum Gasteiger partial charge on any atom is 0.254 e. The van der Waals surface area contributed by atoms with Crippen molar-refractivity contribution in [1.82, 2.24) is 10.2 Å². The Hall–Kier alpha value is -1.62. The van der Waals surface area contributed by atoms with Crippen LogP contribution in [-0.2, 0) is 0 Å². The lowest BCUT2D eigenvalue weighted by Crippen LogP contribution is -2.31. The summed E-state index contributed by atoms with van der Waals surface area (Å²) in [5, 5.41) is 2.65. The van der Waals surface area contributed by atoms with Crippen molar-refractivity contribution in [2.75, 3.05) is 34.3 Å². The molecule has 4 nitrogen and oxygen atoms in total. The second kappa shape index (κ2) is 6.20. The average Bonchev–Trinajstić information content (AvgIpc) is 2.28. The van der Waals surface area contributed by atoms with E-state index in [1.165, 1.54) is 19.2 Å². The van der Waals surface area contributed by atoms with Crippen molar-refractivity contribution in [1.29, 1.82) is 0 Å². The first kappa shape index (κ1) is 13.4. The summed E-state index contributed by atoms with van der Waals surface area (Å²) in [6.45, 7) is 1.20. The van der Waals surface area contributed by atoms with Gasteiger partial charge in [-0.1, -0.05) is 0 Å². The summed E-state index contributed by atoms with van der Waals surface area (Å²) in [5.41, 5.74) is 0.0320. The number of hydrogen-bond acceptors (Lipinski definition) is 3. The summed E-state index contributed by atoms with van der Waals surface area (Å²) in [7, 11) is 5.26. The molecule has 1 amide bonds. The van der Waals surface area contributed by atoms with Crippen LogP contribution in [0.4, 0.5) is 4.39 Å². The lowest BCUT2D eigenvalue weighted by atomic mass is 10.2. The van der Waals surface area contributed by atoms with Gasteiger partial charge in [0, 0.05) is 19.2 Å². The predicted molar refractivity (Wildman–Crippen MR) is 63.8 cm³/mol. The number of methoxy groups -OCH3 is 1. The number of amides is 1. The van der Waals surface area contributed by atoms with E-state index in [-0.39, 0.29) is 5.56 Å². The molecular weight excluding hydrogens is 223 g/mol. The van der Waals surface area contributed by atoms with Gasteiger partial charge in [-0.2, -0.15) is 0 Å². The van der Waals surface area contributed by atoms with Gasteiger partial charge in [0.15, 0.2) is 0 Å². The van der Waals surface area contributed by atoms with Gasteiger partial charge < -0.3 is 15.0 Å². The minimum absolute atomic E-state index is 0.0320. The lowest BCUT2D eigenvalue weighted by Gasteiger charge is -2.11. The van der Waals surface area contributed by atoms with E-state index in [0.717, 1.165) is 0 Å². The summed E-state index contributed by atoms with van der Waals surface area (Å²) in [5.74, 6) is -0.592. The van der Waals surface area contributed by atoms with Gasteiger partial charge in [0.2, 0.25) is 0 Å². The fraction of sp³-hybridized carbons (Fsp3) is 0.417. The molecule has 0 spiro atoms. The minimum Gasteiger partial charge on any atom is -0.497 e. The number of ether oxygens (including phenoxy) is 1. The smallest absolute Gasteiger partial charge is 0.254 e. The van der Waals surface area contributed by atoms with Gasteiger partial charge >= 0.3 is 0 Å². The molecule has 1 rings (SSSR count). The average molecular weight is 240 g/mol. The van der Waals surface area contributed by atoms with Crippen LogP contribution >= 0.6 is 0 Å². The molecule has 1 N–H and O–H groups in total. The first-order valence-electron chi connectivity index (χ1n) is 5.31. The molecule has 0 saturated heterocycles. The molecule has 0 bridgehead atoms. The zero-order valence-corrected chi connectivity index (χ0v) is 10.3. The molecular formula is C12H17FN2O2. The summed E-state index contributed by atoms with van der Waals surface area (Å²) in [6, 6.07) is 4.17. The van der Waals surface area contributed by atoms with E-state index < -0.39 is 11.7 Å². The Bertz CT molecular complexity index is 394. The molecule has 17 heavy (non-hydrogen) atoms. The molecule has 0 radical (unpaired) electrons. The Kier molecular flexibility index (Phi) is 4.90. The normalized spacial score (nSPS) is 10.4. The summed E-state index contributed by atoms with van der Waals surface area (Å²) in [4.78, 5) is 13.6. The zero-order chi connectivity index (χ0) is 12.8. The molecule has 0 aliphatic rings. The first-order chi connectivity index (χ1) is 8.04. The van der Waals surface area contributed by atoms with E-state index in [2.05, 4.69) is 5.32 Å². The van der Waals surface area contributed by atoms with Crippen LogP contribution in [-0.4, -0.2) is 45.1 Å². The van der Waals surface area contributed by atoms with Crippen LogP contribution in [0.2, 0.25) is 0 Å². The van der Waals surface area contributed by atoms with Crippen molar-refractivity contribution in [2.45, 2.75) is 0 Å². The fourth-order valence-corrected chi connectivity index (χ4v) is 1.30. The number of carbonyl (C=O) groups excluding carboxylic acids is 1. The van der Waals surface area contributed by atoms with E-state index in [1.807, 2.05) is 19.0 Å². The molecule has 0 aliphatic heterocycles. The monoisotopic (exact) mass is 240 g/mol. The number of hydrogen-bond donors (Lipinski definition) is 1. The molecule has 0 aromatic heterocycles. The quantitative estimate of drug-likeness (QED) is 0.838. The summed E-state index contributed by atoms with van der Waals surface area (Å²) >= 11 is 0. The van der Waals surface area contributed by atoms with Crippen LogP contribution in [0.15, 0.2) is 18.2 Å². The van der Waals surface area contributed by atoms with Gasteiger partial charge in [-0.15, -0.1) is 0 Å². The number of halogens is 1. The highest BCUT2D eigenvalue weighted by Crippen LogP contribution is 2.15. The van der Waals surface area contributed by atoms with Crippen LogP contribution in [0, 0.1) is 5.82 Å². The van der Waals surface area contributed by atoms with Crippen LogP contribution < -0.4 is 10.1 Å². The standard InChI is InChI=1S/C12H17FN2O2/c1-15(2)7-6-14-12(16)10-5-4-9(17-3)8-11(10)13/h4-5,8H,6-7H2,1-3H3,(H,14,16). The predicted octanol–water partition coefficient (Wildman–Crippen LogP) is 1.13. The van der Waals surface area contributed by atoms with Crippen molar-refractivity contribution in [3.63, 3.8) is 0 Å². The SMILES string of the molecule is COc1ccc(C(=O)NCCN(C)C)c(F)c1. The van der Waals surface area contributed by atoms with Crippen molar-refractivity contribution in [3.05, 3.63) is 29.6 Å². The Morgan fingerprint density at radius 1 is 1.47 bits per heavy atom. The van der Waals surface area contributed by atoms with Crippen molar-refractivity contribution < 1.29 is 13.9 Å². The van der Waals surface area contributed by atoms with Crippen LogP contribution in [0.3, 0.4) is 0 Å². The lowest BCUT2D eigenvalue weighted by molar-refractivity contribution is 0.0947. The molecule has 0 saturated carbocycles. The summed E-state index contributed by atoms with van der Waals surface area (Å²) in [6.07, 6.45) is 0. The molecule has 0 fully saturated rings. The molecule has 5 heteroatoms. The van der Waals surface area contributed by atoms with Crippen molar-refractivity contribution >= 4 is 5.91 Å². The van der Waals surface area contributed by atoms with Gasteiger partial charge in [-0.3, -0.25) is 4.79 Å². The third-order valence-corrected chi connectivity index (χ3v) is 2.27. The van der Waals surface area contributed by atoms with Crippen molar-refractivity contribution in [3.8, 4) is 5.75 Å². The highest BCUT2D eigenvalue weighted by Gasteiger charge is 2.11. The second-order valence-electron chi connectivity index (χ2n) is 3.90. The third kappa shape index (κ3) is 4.03. The molecule has 94 valence electrons. The van der Waals surface area contributed by atoms with E-state index in [0.29, 0.717) is 18.8 Å². The van der Waals surface area contributed by atoms with Gasteiger partial charge in [-0.05, 0) is 26.2 Å². The van der Waals surface area contributed by atoms with Gasteiger partial charge in [0.25, 0.3) is 5.91 Å². The fourth-order valence-electron chi connectivity index (χ4n) is 1.30. The maximum atomic E-state index is 13.5. The number of nitrogens with one attached hydrogen (secondary N) is 1. The summed E-state index contributed by atoms with van der Waals surface area (Å²) < 4.78 is 18.4. The topological polar surface area (TPSA) is 41.6 Å². The molecule has 1 aromatic rings. The van der Waals surface area contributed by atoms with Gasteiger partial charge in [0.1, 0.15) is 11.6 Å². The van der Waals surface area contributed by atoms with Gasteiger partial charge in [-0.25, -0.2) is 4.39 Å². The molecule has 0 heterocycles. The zero-order valence-electron chi connectivity index (χ0n) is 10.3. The Morgan fingerprint density at radius 3 is 2.71 bits per heavy atom. The number of carbonyl (C=O) groups is 1. The highest BCUT2D eigenvalue weighted by molar-refractivity contribution is 5.94. The van der Waals surface area contributed by atoms with E-state index in [4.69, 9.17) is 4.74 Å². The number of rotatable bonds is 5. The number of nitrogens with zero attached hydrogens (tertiary/aromatic N) is 1. The Labute approximate surface area is 100 Å². The second-order valence-corrected chi connectivity index (χ2v) is 3.90. The van der Waals surface area contributed by atoms with Crippen molar-refractivity contribution in [2.24, 2.45) is 0 Å². The van der Waals surface area contributed by atoms with Crippen LogP contribution in [0.25, 0.3) is 0 Å². The Morgan fingerprint density at radius 2 is 2.18 bits per heavy atom.